The Hall–Kier alpha value is -2.38. The number of hydrogen-bond acceptors (Lipinski definition) is 5. The third-order valence-electron chi connectivity index (χ3n) is 4.24. The van der Waals surface area contributed by atoms with Crippen LogP contribution in [0.15, 0.2) is 48.8 Å². The molecule has 1 aromatic carbocycles. The highest BCUT2D eigenvalue weighted by atomic mass is 32.2. The summed E-state index contributed by atoms with van der Waals surface area (Å²) in [6.45, 7) is 1.91. The number of benzene rings is 1. The summed E-state index contributed by atoms with van der Waals surface area (Å²) in [6.07, 6.45) is 4.26. The summed E-state index contributed by atoms with van der Waals surface area (Å²) < 4.78 is 36.7. The van der Waals surface area contributed by atoms with Crippen LogP contribution in [0, 0.1) is 6.92 Å². The van der Waals surface area contributed by atoms with Crippen molar-refractivity contribution < 1.29 is 17.3 Å². The Morgan fingerprint density at radius 2 is 2.00 bits per heavy atom. The fourth-order valence-corrected chi connectivity index (χ4v) is 3.93. The third-order valence-corrected chi connectivity index (χ3v) is 4.84. The standard InChI is InChI=1S/C18H18N2O4S/c1-12-11-20-9-5-8-15(18(20)19-12)23-17-14-7-4-3-6-13(14)10-16(17)24-25(2,21)22/h3-9,11,16-17H,10H2,1-2H3. The lowest BCUT2D eigenvalue weighted by Gasteiger charge is -2.21. The smallest absolute Gasteiger partial charge is 0.264 e. The Kier molecular flexibility index (Phi) is 3.77. The van der Waals surface area contributed by atoms with Gasteiger partial charge in [-0.3, -0.25) is 4.18 Å². The molecule has 0 fully saturated rings. The molecule has 0 aliphatic heterocycles. The first-order chi connectivity index (χ1) is 11.9. The summed E-state index contributed by atoms with van der Waals surface area (Å²) in [5.74, 6) is 0.597. The van der Waals surface area contributed by atoms with Gasteiger partial charge in [-0.1, -0.05) is 24.3 Å². The molecule has 130 valence electrons. The number of pyridine rings is 1. The third kappa shape index (κ3) is 3.12. The normalized spacial score (nSPS) is 19.9. The van der Waals surface area contributed by atoms with Crippen molar-refractivity contribution in [2.75, 3.05) is 6.26 Å². The Morgan fingerprint density at radius 1 is 1.20 bits per heavy atom. The molecule has 0 bridgehead atoms. The van der Waals surface area contributed by atoms with Crippen molar-refractivity contribution in [2.45, 2.75) is 25.6 Å². The summed E-state index contributed by atoms with van der Waals surface area (Å²) in [7, 11) is -3.59. The van der Waals surface area contributed by atoms with Gasteiger partial charge in [-0.25, -0.2) is 4.98 Å². The van der Waals surface area contributed by atoms with Crippen LogP contribution in [0.5, 0.6) is 5.75 Å². The zero-order chi connectivity index (χ0) is 17.6. The molecule has 0 spiro atoms. The lowest BCUT2D eigenvalue weighted by atomic mass is 10.1. The summed E-state index contributed by atoms with van der Waals surface area (Å²) in [6, 6.07) is 11.5. The van der Waals surface area contributed by atoms with Gasteiger partial charge in [-0.15, -0.1) is 0 Å². The molecule has 2 atom stereocenters. The molecule has 0 radical (unpaired) electrons. The van der Waals surface area contributed by atoms with Crippen LogP contribution in [0.4, 0.5) is 0 Å². The number of aromatic nitrogens is 2. The zero-order valence-electron chi connectivity index (χ0n) is 13.9. The molecule has 0 saturated heterocycles. The summed E-state index contributed by atoms with van der Waals surface area (Å²) in [4.78, 5) is 4.49. The van der Waals surface area contributed by atoms with E-state index in [2.05, 4.69) is 4.98 Å². The SMILES string of the molecule is Cc1cn2cccc(OC3c4ccccc4CC3OS(C)(=O)=O)c2n1. The van der Waals surface area contributed by atoms with Gasteiger partial charge in [0.05, 0.1) is 11.9 Å². The minimum atomic E-state index is -3.59. The second-order valence-corrected chi connectivity index (χ2v) is 7.87. The molecule has 1 aliphatic rings. The van der Waals surface area contributed by atoms with Crippen LogP contribution in [0.1, 0.15) is 22.9 Å². The second-order valence-electron chi connectivity index (χ2n) is 6.27. The van der Waals surface area contributed by atoms with Crippen molar-refractivity contribution in [1.29, 1.82) is 0 Å². The van der Waals surface area contributed by atoms with Crippen molar-refractivity contribution in [3.63, 3.8) is 0 Å². The van der Waals surface area contributed by atoms with E-state index >= 15 is 0 Å². The average Bonchev–Trinajstić information content (AvgIpc) is 3.07. The van der Waals surface area contributed by atoms with Crippen LogP contribution in [0.25, 0.3) is 5.65 Å². The van der Waals surface area contributed by atoms with Gasteiger partial charge in [0.1, 0.15) is 6.10 Å². The second kappa shape index (κ2) is 5.86. The maximum Gasteiger partial charge on any atom is 0.264 e. The first kappa shape index (κ1) is 16.1. The molecular formula is C18H18N2O4S. The van der Waals surface area contributed by atoms with E-state index in [1.54, 1.807) is 0 Å². The van der Waals surface area contributed by atoms with Gasteiger partial charge in [-0.2, -0.15) is 8.42 Å². The van der Waals surface area contributed by atoms with Crippen LogP contribution < -0.4 is 4.74 Å². The predicted octanol–water partition coefficient (Wildman–Crippen LogP) is 2.66. The van der Waals surface area contributed by atoms with Crippen molar-refractivity contribution in [3.05, 3.63) is 65.6 Å². The maximum atomic E-state index is 11.7. The Morgan fingerprint density at radius 3 is 2.80 bits per heavy atom. The molecule has 4 rings (SSSR count). The van der Waals surface area contributed by atoms with Gasteiger partial charge in [0.2, 0.25) is 0 Å². The van der Waals surface area contributed by atoms with Crippen LogP contribution in [-0.2, 0) is 20.7 Å². The van der Waals surface area contributed by atoms with Crippen molar-refractivity contribution in [2.24, 2.45) is 0 Å². The molecule has 0 amide bonds. The number of nitrogens with zero attached hydrogens (tertiary/aromatic N) is 2. The van der Waals surface area contributed by atoms with E-state index in [-0.39, 0.29) is 0 Å². The molecule has 0 N–H and O–H groups in total. The average molecular weight is 358 g/mol. The minimum Gasteiger partial charge on any atom is -0.479 e. The number of aryl methyl sites for hydroxylation is 1. The first-order valence-corrected chi connectivity index (χ1v) is 9.79. The Labute approximate surface area is 146 Å². The van der Waals surface area contributed by atoms with E-state index in [0.29, 0.717) is 17.8 Å². The fraction of sp³-hybridized carbons (Fsp3) is 0.278. The summed E-state index contributed by atoms with van der Waals surface area (Å²) in [5, 5.41) is 0. The monoisotopic (exact) mass is 358 g/mol. The Bertz CT molecular complexity index is 1040. The maximum absolute atomic E-state index is 11.7. The lowest BCUT2D eigenvalue weighted by Crippen LogP contribution is -2.26. The Balaban J connectivity index is 1.74. The molecule has 3 aromatic rings. The molecule has 1 aliphatic carbocycles. The molecule has 6 nitrogen and oxygen atoms in total. The zero-order valence-corrected chi connectivity index (χ0v) is 14.7. The number of fused-ring (bicyclic) bond motifs is 2. The van der Waals surface area contributed by atoms with Gasteiger partial charge in [0, 0.05) is 18.8 Å². The highest BCUT2D eigenvalue weighted by Crippen LogP contribution is 2.38. The molecule has 0 saturated carbocycles. The van der Waals surface area contributed by atoms with Gasteiger partial charge in [0.15, 0.2) is 17.5 Å². The summed E-state index contributed by atoms with van der Waals surface area (Å²) in [5.41, 5.74) is 3.56. The van der Waals surface area contributed by atoms with Crippen molar-refractivity contribution in [3.8, 4) is 5.75 Å². The number of ether oxygens (including phenoxy) is 1. The van der Waals surface area contributed by atoms with E-state index in [9.17, 15) is 8.42 Å². The largest absolute Gasteiger partial charge is 0.479 e. The number of imidazole rings is 1. The summed E-state index contributed by atoms with van der Waals surface area (Å²) >= 11 is 0. The molecule has 2 aromatic heterocycles. The van der Waals surface area contributed by atoms with E-state index in [1.165, 1.54) is 0 Å². The molecule has 7 heteroatoms. The van der Waals surface area contributed by atoms with Crippen molar-refractivity contribution >= 4 is 15.8 Å². The molecular weight excluding hydrogens is 340 g/mol. The van der Waals surface area contributed by atoms with Gasteiger partial charge in [0.25, 0.3) is 10.1 Å². The van der Waals surface area contributed by atoms with Crippen LogP contribution >= 0.6 is 0 Å². The van der Waals surface area contributed by atoms with Crippen molar-refractivity contribution in [1.82, 2.24) is 9.38 Å². The van der Waals surface area contributed by atoms with E-state index in [0.717, 1.165) is 23.1 Å². The first-order valence-electron chi connectivity index (χ1n) is 7.98. The lowest BCUT2D eigenvalue weighted by molar-refractivity contribution is 0.0733. The fourth-order valence-electron chi connectivity index (χ4n) is 3.31. The minimum absolute atomic E-state index is 0.491. The van der Waals surface area contributed by atoms with Crippen LogP contribution in [0.2, 0.25) is 0 Å². The molecule has 2 heterocycles. The van der Waals surface area contributed by atoms with Crippen LogP contribution in [-0.4, -0.2) is 30.2 Å². The predicted molar refractivity (Wildman–Crippen MR) is 93.2 cm³/mol. The van der Waals surface area contributed by atoms with E-state index in [4.69, 9.17) is 8.92 Å². The van der Waals surface area contributed by atoms with Gasteiger partial charge < -0.3 is 9.14 Å². The quantitative estimate of drug-likeness (QED) is 0.671. The van der Waals surface area contributed by atoms with Gasteiger partial charge >= 0.3 is 0 Å². The molecule has 2 unspecified atom stereocenters. The van der Waals surface area contributed by atoms with Gasteiger partial charge in [-0.05, 0) is 30.2 Å². The topological polar surface area (TPSA) is 69.9 Å². The van der Waals surface area contributed by atoms with Crippen LogP contribution in [0.3, 0.4) is 0 Å². The number of hydrogen-bond donors (Lipinski definition) is 0. The number of rotatable bonds is 4. The van der Waals surface area contributed by atoms with E-state index in [1.807, 2.05) is 60.1 Å². The highest BCUT2D eigenvalue weighted by Gasteiger charge is 2.37. The highest BCUT2D eigenvalue weighted by molar-refractivity contribution is 7.86. The van der Waals surface area contributed by atoms with E-state index < -0.39 is 22.3 Å². The molecule has 25 heavy (non-hydrogen) atoms.